The Labute approximate surface area is 337 Å². The Hall–Kier alpha value is -3.55. The molecule has 1 aliphatic heterocycles. The van der Waals surface area contributed by atoms with Crippen molar-refractivity contribution in [2.75, 3.05) is 47.9 Å². The van der Waals surface area contributed by atoms with Crippen molar-refractivity contribution in [1.29, 1.82) is 0 Å². The molecule has 0 unspecified atom stereocenters. The van der Waals surface area contributed by atoms with Gasteiger partial charge in [-0.25, -0.2) is 4.79 Å². The lowest BCUT2D eigenvalue weighted by molar-refractivity contribution is -0.146. The Morgan fingerprint density at radius 3 is 2.16 bits per heavy atom. The van der Waals surface area contributed by atoms with Crippen molar-refractivity contribution < 1.29 is 33.4 Å². The predicted molar refractivity (Wildman–Crippen MR) is 220 cm³/mol. The zero-order valence-corrected chi connectivity index (χ0v) is 36.2. The molecular formula is C43H74N6O7. The second-order valence-corrected chi connectivity index (χ2v) is 16.5. The molecular weight excluding hydrogens is 713 g/mol. The maximum absolute atomic E-state index is 14.3. The number of hydrogen-bond acceptors (Lipinski definition) is 9. The summed E-state index contributed by atoms with van der Waals surface area (Å²) in [6.45, 7) is 15.4. The van der Waals surface area contributed by atoms with E-state index in [1.807, 2.05) is 81.8 Å². The quantitative estimate of drug-likeness (QED) is 0.132. The monoisotopic (exact) mass is 787 g/mol. The molecule has 1 aromatic rings. The number of likely N-dealkylation sites (N-methyl/N-ethyl adjacent to an activating group) is 2. The largest absolute Gasteiger partial charge is 0.467 e. The summed E-state index contributed by atoms with van der Waals surface area (Å²) in [4.78, 5) is 73.1. The number of carbonyl (C=O) groups is 5. The van der Waals surface area contributed by atoms with Crippen LogP contribution in [0.25, 0.3) is 0 Å². The minimum Gasteiger partial charge on any atom is -0.467 e. The lowest BCUT2D eigenvalue weighted by Gasteiger charge is -2.40. The van der Waals surface area contributed by atoms with Crippen LogP contribution < -0.4 is 16.4 Å². The first kappa shape index (κ1) is 48.6. The highest BCUT2D eigenvalue weighted by atomic mass is 16.5. The van der Waals surface area contributed by atoms with Crippen molar-refractivity contribution >= 4 is 29.6 Å². The standard InChI is InChI=1S/C43H74N6O7/c1-12-30(6)39(48(9)42(53)37(28(2)3)46-41(52)38(29(4)5)47(8)25-23-44)35(55-10)27-36(50)49-24-17-22-33(49)21-16-18-31(7)40(51)45-34(43(54)56-11)26-32-19-14-13-15-20-32/h13-15,19-20,28-31,33-35,37-39H,12,16-18,21-27,44H2,1-11H3,(H,45,51)(H,46,52)/t30-,31+,33+,34-,35+,37-,38-,39-/m0/s1. The summed E-state index contributed by atoms with van der Waals surface area (Å²) in [6, 6.07) is 7.17. The van der Waals surface area contributed by atoms with E-state index in [-0.39, 0.29) is 59.8 Å². The summed E-state index contributed by atoms with van der Waals surface area (Å²) in [7, 11) is 6.53. The van der Waals surface area contributed by atoms with E-state index in [2.05, 4.69) is 24.5 Å². The van der Waals surface area contributed by atoms with Gasteiger partial charge in [-0.3, -0.25) is 24.1 Å². The summed E-state index contributed by atoms with van der Waals surface area (Å²) in [5, 5.41) is 5.95. The average Bonchev–Trinajstić information content (AvgIpc) is 3.64. The number of esters is 1. The van der Waals surface area contributed by atoms with E-state index in [1.54, 1.807) is 19.1 Å². The smallest absolute Gasteiger partial charge is 0.328 e. The zero-order chi connectivity index (χ0) is 42.1. The fraction of sp³-hybridized carbons (Fsp3) is 0.744. The van der Waals surface area contributed by atoms with E-state index in [4.69, 9.17) is 15.2 Å². The number of rotatable bonds is 24. The third kappa shape index (κ3) is 14.1. The van der Waals surface area contributed by atoms with Crippen LogP contribution in [0.2, 0.25) is 0 Å². The molecule has 0 spiro atoms. The number of nitrogens with zero attached hydrogens (tertiary/aromatic N) is 3. The number of benzene rings is 1. The van der Waals surface area contributed by atoms with Crippen LogP contribution in [-0.4, -0.2) is 129 Å². The van der Waals surface area contributed by atoms with Crippen LogP contribution in [0.15, 0.2) is 30.3 Å². The Morgan fingerprint density at radius 1 is 0.946 bits per heavy atom. The number of methoxy groups -OCH3 is 2. The molecule has 0 aliphatic carbocycles. The van der Waals surface area contributed by atoms with E-state index in [1.165, 1.54) is 7.11 Å². The van der Waals surface area contributed by atoms with E-state index in [9.17, 15) is 24.0 Å². The number of hydrogen-bond donors (Lipinski definition) is 3. The van der Waals surface area contributed by atoms with Gasteiger partial charge in [0.1, 0.15) is 12.1 Å². The van der Waals surface area contributed by atoms with Gasteiger partial charge in [-0.05, 0) is 56.0 Å². The maximum atomic E-state index is 14.3. The SMILES string of the molecule is CC[C@H](C)[C@@H]([C@@H](CC(=O)N1CCC[C@H]1CCC[C@@H](C)C(=O)N[C@@H](Cc1ccccc1)C(=O)OC)OC)N(C)C(=O)[C@@H](NC(=O)[C@H](C(C)C)N(C)CCN)C(C)C. The second-order valence-electron chi connectivity index (χ2n) is 16.5. The van der Waals surface area contributed by atoms with E-state index in [0.717, 1.165) is 37.7 Å². The molecule has 13 heteroatoms. The van der Waals surface area contributed by atoms with Gasteiger partial charge in [0.25, 0.3) is 0 Å². The Balaban J connectivity index is 2.10. The van der Waals surface area contributed by atoms with Gasteiger partial charge in [-0.15, -0.1) is 0 Å². The summed E-state index contributed by atoms with van der Waals surface area (Å²) in [6.07, 6.45) is 4.55. The highest BCUT2D eigenvalue weighted by molar-refractivity contribution is 5.90. The number of ether oxygens (including phenoxy) is 2. The molecule has 1 fully saturated rings. The van der Waals surface area contributed by atoms with E-state index < -0.39 is 36.2 Å². The maximum Gasteiger partial charge on any atom is 0.328 e. The average molecular weight is 787 g/mol. The first-order chi connectivity index (χ1) is 26.5. The number of amides is 4. The molecule has 0 aromatic heterocycles. The molecule has 1 heterocycles. The van der Waals surface area contributed by atoms with Crippen LogP contribution in [0, 0.1) is 23.7 Å². The molecule has 2 rings (SSSR count). The summed E-state index contributed by atoms with van der Waals surface area (Å²) >= 11 is 0. The number of nitrogens with two attached hydrogens (primary N) is 1. The highest BCUT2D eigenvalue weighted by Gasteiger charge is 2.40. The third-order valence-corrected chi connectivity index (χ3v) is 11.6. The first-order valence-corrected chi connectivity index (χ1v) is 20.7. The van der Waals surface area contributed by atoms with Gasteiger partial charge < -0.3 is 35.6 Å². The van der Waals surface area contributed by atoms with Gasteiger partial charge in [0.15, 0.2) is 0 Å². The van der Waals surface area contributed by atoms with Gasteiger partial charge in [-0.2, -0.15) is 0 Å². The Morgan fingerprint density at radius 2 is 1.61 bits per heavy atom. The van der Waals surface area contributed by atoms with Gasteiger partial charge in [0, 0.05) is 52.2 Å². The van der Waals surface area contributed by atoms with Gasteiger partial charge in [0.05, 0.1) is 31.7 Å². The molecule has 13 nitrogen and oxygen atoms in total. The molecule has 4 amide bonds. The molecule has 318 valence electrons. The van der Waals surface area contributed by atoms with Crippen molar-refractivity contribution in [2.45, 2.75) is 136 Å². The fourth-order valence-corrected chi connectivity index (χ4v) is 8.10. The van der Waals surface area contributed by atoms with Crippen molar-refractivity contribution in [2.24, 2.45) is 29.4 Å². The molecule has 0 bridgehead atoms. The summed E-state index contributed by atoms with van der Waals surface area (Å²) in [5.74, 6) is -1.61. The van der Waals surface area contributed by atoms with Crippen molar-refractivity contribution in [1.82, 2.24) is 25.3 Å². The highest BCUT2D eigenvalue weighted by Crippen LogP contribution is 2.28. The topological polar surface area (TPSA) is 164 Å². The van der Waals surface area contributed by atoms with Crippen molar-refractivity contribution in [3.63, 3.8) is 0 Å². The summed E-state index contributed by atoms with van der Waals surface area (Å²) < 4.78 is 11.0. The van der Waals surface area contributed by atoms with Crippen LogP contribution in [0.5, 0.6) is 0 Å². The van der Waals surface area contributed by atoms with E-state index in [0.29, 0.717) is 32.5 Å². The van der Waals surface area contributed by atoms with Crippen LogP contribution in [0.3, 0.4) is 0 Å². The lowest BCUT2D eigenvalue weighted by atomic mass is 9.89. The van der Waals surface area contributed by atoms with E-state index >= 15 is 0 Å². The molecule has 1 saturated heterocycles. The van der Waals surface area contributed by atoms with Crippen LogP contribution >= 0.6 is 0 Å². The van der Waals surface area contributed by atoms with Gasteiger partial charge >= 0.3 is 5.97 Å². The third-order valence-electron chi connectivity index (χ3n) is 11.6. The summed E-state index contributed by atoms with van der Waals surface area (Å²) in [5.41, 5.74) is 6.72. The van der Waals surface area contributed by atoms with Gasteiger partial charge in [0.2, 0.25) is 23.6 Å². The van der Waals surface area contributed by atoms with Crippen LogP contribution in [-0.2, 0) is 39.9 Å². The first-order valence-electron chi connectivity index (χ1n) is 20.7. The Kier molecular flexibility index (Phi) is 21.1. The lowest BCUT2D eigenvalue weighted by Crippen LogP contribution is -2.60. The predicted octanol–water partition coefficient (Wildman–Crippen LogP) is 4.02. The van der Waals surface area contributed by atoms with Gasteiger partial charge in [-0.1, -0.05) is 91.6 Å². The minimum atomic E-state index is -0.775. The molecule has 0 saturated carbocycles. The second kappa shape index (κ2) is 24.3. The number of nitrogens with one attached hydrogen (secondary N) is 2. The molecule has 0 radical (unpaired) electrons. The Bertz CT molecular complexity index is 1380. The zero-order valence-electron chi connectivity index (χ0n) is 36.2. The molecule has 8 atom stereocenters. The number of carbonyl (C=O) groups excluding carboxylic acids is 5. The van der Waals surface area contributed by atoms with Crippen LogP contribution in [0.4, 0.5) is 0 Å². The fourth-order valence-electron chi connectivity index (χ4n) is 8.10. The van der Waals surface area contributed by atoms with Crippen molar-refractivity contribution in [3.05, 3.63) is 35.9 Å². The molecule has 1 aliphatic rings. The minimum absolute atomic E-state index is 0.0113. The van der Waals surface area contributed by atoms with Crippen LogP contribution in [0.1, 0.15) is 99.0 Å². The molecule has 4 N–H and O–H groups in total. The normalized spacial score (nSPS) is 18.2. The molecule has 56 heavy (non-hydrogen) atoms. The van der Waals surface area contributed by atoms with Crippen molar-refractivity contribution in [3.8, 4) is 0 Å². The number of likely N-dealkylation sites (tertiary alicyclic amines) is 1. The molecule has 1 aromatic carbocycles.